The van der Waals surface area contributed by atoms with Crippen molar-refractivity contribution in [2.75, 3.05) is 0 Å². The third-order valence-corrected chi connectivity index (χ3v) is 2.35. The van der Waals surface area contributed by atoms with Crippen molar-refractivity contribution < 1.29 is 5.11 Å². The summed E-state index contributed by atoms with van der Waals surface area (Å²) in [6, 6.07) is 5.04. The Bertz CT molecular complexity index is 633. The van der Waals surface area contributed by atoms with Crippen molar-refractivity contribution in [3.05, 3.63) is 36.8 Å². The van der Waals surface area contributed by atoms with E-state index in [0.29, 0.717) is 11.4 Å². The minimum Gasteiger partial charge on any atom is -0.508 e. The summed E-state index contributed by atoms with van der Waals surface area (Å²) in [4.78, 5) is 8.17. The fourth-order valence-electron chi connectivity index (χ4n) is 1.62. The highest BCUT2D eigenvalue weighted by Crippen LogP contribution is 2.26. The summed E-state index contributed by atoms with van der Waals surface area (Å²) in [6.45, 7) is 0. The molecule has 0 atom stereocenters. The molecule has 0 aliphatic rings. The zero-order valence-electron chi connectivity index (χ0n) is 8.25. The summed E-state index contributed by atoms with van der Waals surface area (Å²) in [5.41, 5.74) is 2.23. The Morgan fingerprint density at radius 3 is 2.94 bits per heavy atom. The molecule has 2 N–H and O–H groups in total. The van der Waals surface area contributed by atoms with Gasteiger partial charge in [-0.25, -0.2) is 0 Å². The van der Waals surface area contributed by atoms with Crippen LogP contribution in [0.3, 0.4) is 0 Å². The van der Waals surface area contributed by atoms with Crippen molar-refractivity contribution in [3.8, 4) is 17.1 Å². The first-order valence-electron chi connectivity index (χ1n) is 4.78. The van der Waals surface area contributed by atoms with Gasteiger partial charge in [0.05, 0.1) is 11.7 Å². The molecule has 0 saturated carbocycles. The third kappa shape index (κ3) is 1.30. The molecule has 2 heterocycles. The number of fused-ring (bicyclic) bond motifs is 1. The van der Waals surface area contributed by atoms with E-state index >= 15 is 0 Å². The summed E-state index contributed by atoms with van der Waals surface area (Å²) in [6.07, 6.45) is 4.86. The van der Waals surface area contributed by atoms with Crippen molar-refractivity contribution in [2.24, 2.45) is 0 Å². The number of phenols is 1. The molecule has 0 aliphatic carbocycles. The molecule has 0 amide bonds. The second-order valence-corrected chi connectivity index (χ2v) is 3.39. The zero-order valence-corrected chi connectivity index (χ0v) is 8.25. The van der Waals surface area contributed by atoms with Crippen LogP contribution in [-0.4, -0.2) is 25.3 Å². The molecule has 0 radical (unpaired) electrons. The molecular formula is C11H8N4O. The first-order chi connectivity index (χ1) is 7.84. The third-order valence-electron chi connectivity index (χ3n) is 2.35. The van der Waals surface area contributed by atoms with Crippen LogP contribution in [0.4, 0.5) is 0 Å². The molecule has 0 fully saturated rings. The van der Waals surface area contributed by atoms with Crippen LogP contribution in [0.5, 0.6) is 5.75 Å². The van der Waals surface area contributed by atoms with E-state index < -0.39 is 0 Å². The Labute approximate surface area is 90.8 Å². The second-order valence-electron chi connectivity index (χ2n) is 3.39. The van der Waals surface area contributed by atoms with Crippen LogP contribution in [0, 0.1) is 0 Å². The summed E-state index contributed by atoms with van der Waals surface area (Å²) in [5.74, 6) is 0.207. The van der Waals surface area contributed by atoms with E-state index in [9.17, 15) is 5.11 Å². The van der Waals surface area contributed by atoms with E-state index in [2.05, 4.69) is 20.2 Å². The van der Waals surface area contributed by atoms with E-state index in [1.54, 1.807) is 36.8 Å². The molecule has 0 aliphatic heterocycles. The number of hydrogen-bond donors (Lipinski definition) is 2. The maximum atomic E-state index is 9.44. The first kappa shape index (κ1) is 8.84. The van der Waals surface area contributed by atoms with Gasteiger partial charge in [0, 0.05) is 17.8 Å². The molecule has 0 unspecified atom stereocenters. The first-order valence-corrected chi connectivity index (χ1v) is 4.78. The molecule has 3 aromatic rings. The summed E-state index contributed by atoms with van der Waals surface area (Å²) in [5, 5.41) is 17.3. The molecule has 5 nitrogen and oxygen atoms in total. The molecule has 0 saturated heterocycles. The molecule has 78 valence electrons. The highest BCUT2D eigenvalue weighted by molar-refractivity contribution is 5.92. The predicted octanol–water partition coefficient (Wildman–Crippen LogP) is 1.73. The monoisotopic (exact) mass is 212 g/mol. The maximum Gasteiger partial charge on any atom is 0.120 e. The molecule has 0 bridgehead atoms. The quantitative estimate of drug-likeness (QED) is 0.644. The average molecular weight is 212 g/mol. The number of hydrogen-bond acceptors (Lipinski definition) is 4. The van der Waals surface area contributed by atoms with Gasteiger partial charge in [0.15, 0.2) is 0 Å². The van der Waals surface area contributed by atoms with Crippen LogP contribution in [0.25, 0.3) is 22.3 Å². The van der Waals surface area contributed by atoms with Gasteiger partial charge in [0.1, 0.15) is 17.1 Å². The highest BCUT2D eigenvalue weighted by Gasteiger charge is 2.09. The normalized spacial score (nSPS) is 10.8. The predicted molar refractivity (Wildman–Crippen MR) is 58.8 cm³/mol. The molecule has 0 spiro atoms. The van der Waals surface area contributed by atoms with Gasteiger partial charge in [-0.3, -0.25) is 15.1 Å². The Morgan fingerprint density at radius 1 is 1.19 bits per heavy atom. The SMILES string of the molecule is Oc1ccc2[nH]nc(-c3cnccn3)c2c1. The number of aromatic nitrogens is 4. The van der Waals surface area contributed by atoms with Crippen LogP contribution in [0.2, 0.25) is 0 Å². The van der Waals surface area contributed by atoms with Crippen molar-refractivity contribution >= 4 is 10.9 Å². The van der Waals surface area contributed by atoms with Gasteiger partial charge in [-0.2, -0.15) is 5.10 Å². The lowest BCUT2D eigenvalue weighted by molar-refractivity contribution is 0.476. The number of nitrogens with zero attached hydrogens (tertiary/aromatic N) is 3. The number of phenolic OH excluding ortho intramolecular Hbond substituents is 1. The van der Waals surface area contributed by atoms with E-state index in [0.717, 1.165) is 10.9 Å². The molecule has 16 heavy (non-hydrogen) atoms. The van der Waals surface area contributed by atoms with Crippen molar-refractivity contribution in [3.63, 3.8) is 0 Å². The van der Waals surface area contributed by atoms with Crippen molar-refractivity contribution in [1.29, 1.82) is 0 Å². The molecule has 2 aromatic heterocycles. The lowest BCUT2D eigenvalue weighted by atomic mass is 10.1. The van der Waals surface area contributed by atoms with Crippen molar-refractivity contribution in [1.82, 2.24) is 20.2 Å². The van der Waals surface area contributed by atoms with E-state index in [1.165, 1.54) is 0 Å². The van der Waals surface area contributed by atoms with Crippen LogP contribution in [0.1, 0.15) is 0 Å². The minimum atomic E-state index is 0.207. The van der Waals surface area contributed by atoms with Gasteiger partial charge < -0.3 is 5.11 Å². The van der Waals surface area contributed by atoms with Crippen LogP contribution in [-0.2, 0) is 0 Å². The van der Waals surface area contributed by atoms with E-state index in [1.807, 2.05) is 0 Å². The fraction of sp³-hybridized carbons (Fsp3) is 0. The Kier molecular flexibility index (Phi) is 1.83. The van der Waals surface area contributed by atoms with Crippen LogP contribution in [0.15, 0.2) is 36.8 Å². The number of nitrogens with one attached hydrogen (secondary N) is 1. The van der Waals surface area contributed by atoms with Gasteiger partial charge in [-0.1, -0.05) is 0 Å². The number of aromatic hydroxyl groups is 1. The highest BCUT2D eigenvalue weighted by atomic mass is 16.3. The number of benzene rings is 1. The van der Waals surface area contributed by atoms with Gasteiger partial charge in [0.2, 0.25) is 0 Å². The van der Waals surface area contributed by atoms with E-state index in [-0.39, 0.29) is 5.75 Å². The van der Waals surface area contributed by atoms with E-state index in [4.69, 9.17) is 0 Å². The smallest absolute Gasteiger partial charge is 0.120 e. The van der Waals surface area contributed by atoms with Crippen LogP contribution < -0.4 is 0 Å². The summed E-state index contributed by atoms with van der Waals surface area (Å²) < 4.78 is 0. The number of H-pyrrole nitrogens is 1. The van der Waals surface area contributed by atoms with Gasteiger partial charge >= 0.3 is 0 Å². The van der Waals surface area contributed by atoms with Gasteiger partial charge in [0.25, 0.3) is 0 Å². The molecule has 3 rings (SSSR count). The number of rotatable bonds is 1. The average Bonchev–Trinajstić information content (AvgIpc) is 2.73. The Balaban J connectivity index is 2.29. The summed E-state index contributed by atoms with van der Waals surface area (Å²) >= 11 is 0. The number of aromatic amines is 1. The second kappa shape index (κ2) is 3.30. The van der Waals surface area contributed by atoms with Crippen molar-refractivity contribution in [2.45, 2.75) is 0 Å². The molecule has 5 heteroatoms. The minimum absolute atomic E-state index is 0.207. The summed E-state index contributed by atoms with van der Waals surface area (Å²) in [7, 11) is 0. The Morgan fingerprint density at radius 2 is 2.12 bits per heavy atom. The lowest BCUT2D eigenvalue weighted by Gasteiger charge is -1.96. The maximum absolute atomic E-state index is 9.44. The Hall–Kier alpha value is -2.43. The van der Waals surface area contributed by atoms with Crippen LogP contribution >= 0.6 is 0 Å². The molecular weight excluding hydrogens is 204 g/mol. The largest absolute Gasteiger partial charge is 0.508 e. The van der Waals surface area contributed by atoms with Gasteiger partial charge in [-0.05, 0) is 18.2 Å². The standard InChI is InChI=1S/C11H8N4O/c16-7-1-2-9-8(5-7)11(15-14-9)10-6-12-3-4-13-10/h1-6,16H,(H,14,15). The lowest BCUT2D eigenvalue weighted by Crippen LogP contribution is -1.84. The van der Waals surface area contributed by atoms with Gasteiger partial charge in [-0.15, -0.1) is 0 Å². The topological polar surface area (TPSA) is 74.7 Å². The fourth-order valence-corrected chi connectivity index (χ4v) is 1.62. The molecule has 1 aromatic carbocycles. The zero-order chi connectivity index (χ0) is 11.0.